The van der Waals surface area contributed by atoms with E-state index in [0.29, 0.717) is 12.6 Å². The summed E-state index contributed by atoms with van der Waals surface area (Å²) in [4.78, 5) is 21.4. The molecule has 2 aromatic rings. The number of fused-ring (bicyclic) bond motifs is 1. The SMILES string of the molecule is CCNC(=NCCc1c[nH]c2c(CC)cccc12)NC1CCN(CC(N)=O)CC1. The molecule has 0 aliphatic carbocycles. The smallest absolute Gasteiger partial charge is 0.231 e. The van der Waals surface area contributed by atoms with Crippen LogP contribution in [0.4, 0.5) is 0 Å². The van der Waals surface area contributed by atoms with Crippen LogP contribution in [0.15, 0.2) is 29.4 Å². The molecule has 3 rings (SSSR count). The fraction of sp³-hybridized carbons (Fsp3) is 0.545. The molecule has 7 nitrogen and oxygen atoms in total. The summed E-state index contributed by atoms with van der Waals surface area (Å²) in [7, 11) is 0. The number of carbonyl (C=O) groups is 1. The van der Waals surface area contributed by atoms with Crippen LogP contribution < -0.4 is 16.4 Å². The lowest BCUT2D eigenvalue weighted by Crippen LogP contribution is -2.49. The monoisotopic (exact) mass is 398 g/mol. The summed E-state index contributed by atoms with van der Waals surface area (Å²) in [5.74, 6) is 0.615. The Morgan fingerprint density at radius 1 is 1.28 bits per heavy atom. The topological polar surface area (TPSA) is 98.5 Å². The van der Waals surface area contributed by atoms with Crippen molar-refractivity contribution in [2.24, 2.45) is 10.7 Å². The summed E-state index contributed by atoms with van der Waals surface area (Å²) in [5, 5.41) is 8.21. The Hall–Kier alpha value is -2.54. The summed E-state index contributed by atoms with van der Waals surface area (Å²) >= 11 is 0. The Bertz CT molecular complexity index is 835. The van der Waals surface area contributed by atoms with Gasteiger partial charge in [0.1, 0.15) is 0 Å². The Labute approximate surface area is 173 Å². The number of carbonyl (C=O) groups excluding carboxylic acids is 1. The molecular formula is C22H34N6O. The van der Waals surface area contributed by atoms with E-state index in [2.05, 4.69) is 58.8 Å². The van der Waals surface area contributed by atoms with Gasteiger partial charge in [0.15, 0.2) is 5.96 Å². The van der Waals surface area contributed by atoms with Gasteiger partial charge in [-0.1, -0.05) is 25.1 Å². The molecule has 29 heavy (non-hydrogen) atoms. The summed E-state index contributed by atoms with van der Waals surface area (Å²) in [5.41, 5.74) is 9.22. The van der Waals surface area contributed by atoms with Crippen LogP contribution in [0.3, 0.4) is 0 Å². The minimum Gasteiger partial charge on any atom is -0.369 e. The number of nitrogens with two attached hydrogens (primary N) is 1. The van der Waals surface area contributed by atoms with Crippen LogP contribution in [0.25, 0.3) is 10.9 Å². The lowest BCUT2D eigenvalue weighted by Gasteiger charge is -2.32. The maximum absolute atomic E-state index is 11.1. The number of nitrogens with zero attached hydrogens (tertiary/aromatic N) is 2. The average molecular weight is 399 g/mol. The number of likely N-dealkylation sites (tertiary alicyclic amines) is 1. The van der Waals surface area contributed by atoms with Crippen molar-refractivity contribution in [3.63, 3.8) is 0 Å². The van der Waals surface area contributed by atoms with Gasteiger partial charge in [0.25, 0.3) is 0 Å². The fourth-order valence-corrected chi connectivity index (χ4v) is 4.03. The molecular weight excluding hydrogens is 364 g/mol. The van der Waals surface area contributed by atoms with E-state index in [-0.39, 0.29) is 5.91 Å². The molecule has 2 heterocycles. The van der Waals surface area contributed by atoms with Crippen molar-refractivity contribution in [2.75, 3.05) is 32.7 Å². The largest absolute Gasteiger partial charge is 0.369 e. The first kappa shape index (κ1) is 21.2. The number of benzene rings is 1. The van der Waals surface area contributed by atoms with Crippen molar-refractivity contribution in [3.8, 4) is 0 Å². The number of nitrogens with one attached hydrogen (secondary N) is 3. The number of guanidine groups is 1. The first-order chi connectivity index (χ1) is 14.1. The van der Waals surface area contributed by atoms with Gasteiger partial charge in [-0.3, -0.25) is 14.7 Å². The number of aryl methyl sites for hydroxylation is 1. The van der Waals surface area contributed by atoms with Gasteiger partial charge in [0.2, 0.25) is 5.91 Å². The molecule has 0 bridgehead atoms. The van der Waals surface area contributed by atoms with Crippen molar-refractivity contribution >= 4 is 22.8 Å². The highest BCUT2D eigenvalue weighted by atomic mass is 16.1. The zero-order chi connectivity index (χ0) is 20.6. The molecule has 1 aliphatic rings. The molecule has 1 fully saturated rings. The standard InChI is InChI=1S/C22H34N6O/c1-3-16-6-5-7-19-17(14-26-21(16)19)8-11-25-22(24-4-2)27-18-9-12-28(13-10-18)15-20(23)29/h5-7,14,18,26H,3-4,8-13,15H2,1-2H3,(H2,23,29)(H2,24,25,27). The zero-order valence-corrected chi connectivity index (χ0v) is 17.6. The number of hydrogen-bond acceptors (Lipinski definition) is 3. The second-order valence-corrected chi connectivity index (χ2v) is 7.68. The summed E-state index contributed by atoms with van der Waals surface area (Å²) < 4.78 is 0. The number of piperidine rings is 1. The van der Waals surface area contributed by atoms with Gasteiger partial charge < -0.3 is 21.4 Å². The second-order valence-electron chi connectivity index (χ2n) is 7.68. The highest BCUT2D eigenvalue weighted by Crippen LogP contribution is 2.22. The van der Waals surface area contributed by atoms with Crippen LogP contribution in [0.1, 0.15) is 37.8 Å². The molecule has 5 N–H and O–H groups in total. The number of rotatable bonds is 8. The lowest BCUT2D eigenvalue weighted by molar-refractivity contribution is -0.119. The van der Waals surface area contributed by atoms with E-state index in [0.717, 1.165) is 57.8 Å². The van der Waals surface area contributed by atoms with Crippen LogP contribution in [0, 0.1) is 0 Å². The predicted molar refractivity (Wildman–Crippen MR) is 119 cm³/mol. The molecule has 1 aromatic heterocycles. The molecule has 1 saturated heterocycles. The first-order valence-electron chi connectivity index (χ1n) is 10.7. The van der Waals surface area contributed by atoms with Crippen molar-refractivity contribution < 1.29 is 4.79 Å². The van der Waals surface area contributed by atoms with E-state index in [9.17, 15) is 4.79 Å². The van der Waals surface area contributed by atoms with Gasteiger partial charge >= 0.3 is 0 Å². The predicted octanol–water partition coefficient (Wildman–Crippen LogP) is 1.78. The van der Waals surface area contributed by atoms with Gasteiger partial charge in [-0.15, -0.1) is 0 Å². The third-order valence-corrected chi connectivity index (χ3v) is 5.57. The maximum atomic E-state index is 11.1. The van der Waals surface area contributed by atoms with Crippen molar-refractivity contribution in [2.45, 2.75) is 45.6 Å². The first-order valence-corrected chi connectivity index (χ1v) is 10.7. The molecule has 0 saturated carbocycles. The average Bonchev–Trinajstić information content (AvgIpc) is 3.12. The number of amides is 1. The molecule has 0 radical (unpaired) electrons. The van der Waals surface area contributed by atoms with E-state index in [1.165, 1.54) is 22.0 Å². The molecule has 7 heteroatoms. The third kappa shape index (κ3) is 5.73. The van der Waals surface area contributed by atoms with E-state index >= 15 is 0 Å². The van der Waals surface area contributed by atoms with E-state index < -0.39 is 0 Å². The van der Waals surface area contributed by atoms with E-state index in [1.807, 2.05) is 0 Å². The van der Waals surface area contributed by atoms with Crippen molar-refractivity contribution in [3.05, 3.63) is 35.5 Å². The van der Waals surface area contributed by atoms with E-state index in [4.69, 9.17) is 10.7 Å². The number of aromatic amines is 1. The van der Waals surface area contributed by atoms with E-state index in [1.54, 1.807) is 0 Å². The van der Waals surface area contributed by atoms with Crippen molar-refractivity contribution in [1.82, 2.24) is 20.5 Å². The number of aliphatic imine (C=N–C) groups is 1. The van der Waals surface area contributed by atoms with Gasteiger partial charge in [0, 0.05) is 49.3 Å². The Morgan fingerprint density at radius 2 is 2.07 bits per heavy atom. The minimum absolute atomic E-state index is 0.255. The van der Waals surface area contributed by atoms with Crippen LogP contribution in [-0.2, 0) is 17.6 Å². The number of hydrogen-bond donors (Lipinski definition) is 4. The molecule has 0 unspecified atom stereocenters. The lowest BCUT2D eigenvalue weighted by atomic mass is 10.1. The fourth-order valence-electron chi connectivity index (χ4n) is 4.03. The summed E-state index contributed by atoms with van der Waals surface area (Å²) in [6, 6.07) is 6.88. The Morgan fingerprint density at radius 3 is 2.76 bits per heavy atom. The molecule has 1 aliphatic heterocycles. The quantitative estimate of drug-likeness (QED) is 0.402. The minimum atomic E-state index is -0.255. The number of para-hydroxylation sites is 1. The van der Waals surface area contributed by atoms with Crippen LogP contribution in [-0.4, -0.2) is 60.5 Å². The van der Waals surface area contributed by atoms with Crippen molar-refractivity contribution in [1.29, 1.82) is 0 Å². The number of H-pyrrole nitrogens is 1. The van der Waals surface area contributed by atoms with Crippen LogP contribution in [0.5, 0.6) is 0 Å². The second kappa shape index (κ2) is 10.3. The van der Waals surface area contributed by atoms with Gasteiger partial charge in [-0.05, 0) is 43.7 Å². The van der Waals surface area contributed by atoms with Gasteiger partial charge in [-0.2, -0.15) is 0 Å². The Kier molecular flexibility index (Phi) is 7.52. The normalized spacial score (nSPS) is 16.3. The molecule has 158 valence electrons. The van der Waals surface area contributed by atoms with Crippen LogP contribution >= 0.6 is 0 Å². The number of primary amides is 1. The zero-order valence-electron chi connectivity index (χ0n) is 17.6. The molecule has 1 amide bonds. The Balaban J connectivity index is 1.55. The highest BCUT2D eigenvalue weighted by molar-refractivity contribution is 5.86. The molecule has 0 atom stereocenters. The number of aromatic nitrogens is 1. The highest BCUT2D eigenvalue weighted by Gasteiger charge is 2.20. The third-order valence-electron chi connectivity index (χ3n) is 5.57. The van der Waals surface area contributed by atoms with Crippen LogP contribution in [0.2, 0.25) is 0 Å². The molecule has 0 spiro atoms. The maximum Gasteiger partial charge on any atom is 0.231 e. The van der Waals surface area contributed by atoms with Gasteiger partial charge in [-0.25, -0.2) is 0 Å². The van der Waals surface area contributed by atoms with Gasteiger partial charge in [0.05, 0.1) is 6.54 Å². The summed E-state index contributed by atoms with van der Waals surface area (Å²) in [6.07, 6.45) is 6.02. The molecule has 1 aromatic carbocycles. The summed E-state index contributed by atoms with van der Waals surface area (Å²) in [6.45, 7) is 7.96.